The Balaban J connectivity index is 3.57. The summed E-state index contributed by atoms with van der Waals surface area (Å²) in [5, 5.41) is 37.7. The molecule has 0 aromatic rings. The van der Waals surface area contributed by atoms with Gasteiger partial charge >= 0.3 is 24.0 Å². The molecule has 246 valence electrons. The highest BCUT2D eigenvalue weighted by Crippen LogP contribution is 2.04. The van der Waals surface area contributed by atoms with Crippen LogP contribution in [0.3, 0.4) is 0 Å². The molecule has 16 nitrogen and oxygen atoms in total. The van der Waals surface area contributed by atoms with Gasteiger partial charge in [0.1, 0.15) is 25.9 Å². The van der Waals surface area contributed by atoms with Gasteiger partial charge < -0.3 is 61.1 Å². The SMILES string of the molecule is CNCCNCCNCCNCCNCCNC(=O)OCC(O)COC(=O)CCCCC(=O)OCC(CO)OC(C)=O. The molecule has 2 atom stereocenters. The topological polar surface area (TPSA) is 218 Å². The van der Waals surface area contributed by atoms with Gasteiger partial charge in [-0.3, -0.25) is 14.4 Å². The summed E-state index contributed by atoms with van der Waals surface area (Å²) in [5.41, 5.74) is 0. The number of amides is 1. The van der Waals surface area contributed by atoms with Crippen LogP contribution in [0.2, 0.25) is 0 Å². The summed E-state index contributed by atoms with van der Waals surface area (Å²) in [7, 11) is 1.93. The van der Waals surface area contributed by atoms with E-state index in [9.17, 15) is 24.3 Å². The highest BCUT2D eigenvalue weighted by molar-refractivity contribution is 5.70. The second-order valence-corrected chi connectivity index (χ2v) is 9.27. The number of carbonyl (C=O) groups is 4. The number of ether oxygens (including phenoxy) is 4. The Labute approximate surface area is 248 Å². The highest BCUT2D eigenvalue weighted by Gasteiger charge is 2.15. The number of nitrogens with one attached hydrogen (secondary N) is 6. The zero-order valence-corrected chi connectivity index (χ0v) is 25.0. The first-order chi connectivity index (χ1) is 20.3. The van der Waals surface area contributed by atoms with Crippen LogP contribution in [0.1, 0.15) is 32.6 Å². The van der Waals surface area contributed by atoms with Gasteiger partial charge in [0, 0.05) is 85.2 Å². The maximum absolute atomic E-state index is 11.8. The van der Waals surface area contributed by atoms with Crippen LogP contribution in [0.15, 0.2) is 0 Å². The third-order valence-corrected chi connectivity index (χ3v) is 5.38. The van der Waals surface area contributed by atoms with E-state index in [1.165, 1.54) is 6.92 Å². The summed E-state index contributed by atoms with van der Waals surface area (Å²) in [6, 6.07) is 0. The Kier molecular flexibility index (Phi) is 26.8. The van der Waals surface area contributed by atoms with Crippen LogP contribution in [0, 0.1) is 0 Å². The van der Waals surface area contributed by atoms with Crippen molar-refractivity contribution < 1.29 is 48.3 Å². The molecule has 1 amide bonds. The number of esters is 3. The summed E-state index contributed by atoms with van der Waals surface area (Å²) < 4.78 is 19.5. The Bertz CT molecular complexity index is 719. The third-order valence-electron chi connectivity index (χ3n) is 5.38. The van der Waals surface area contributed by atoms with E-state index in [4.69, 9.17) is 24.1 Å². The van der Waals surface area contributed by atoms with Gasteiger partial charge in [0.25, 0.3) is 0 Å². The molecule has 0 saturated carbocycles. The molecule has 0 fully saturated rings. The van der Waals surface area contributed by atoms with E-state index in [0.717, 1.165) is 52.4 Å². The fourth-order valence-corrected chi connectivity index (χ4v) is 3.18. The lowest BCUT2D eigenvalue weighted by Crippen LogP contribution is -2.38. The monoisotopic (exact) mass is 608 g/mol. The smallest absolute Gasteiger partial charge is 0.407 e. The fraction of sp³-hybridized carbons (Fsp3) is 0.846. The largest absolute Gasteiger partial charge is 0.463 e. The molecular weight excluding hydrogens is 556 g/mol. The predicted molar refractivity (Wildman–Crippen MR) is 154 cm³/mol. The van der Waals surface area contributed by atoms with Gasteiger partial charge in [-0.15, -0.1) is 0 Å². The zero-order chi connectivity index (χ0) is 31.3. The molecule has 0 aromatic heterocycles. The molecule has 8 N–H and O–H groups in total. The van der Waals surface area contributed by atoms with Gasteiger partial charge in [-0.1, -0.05) is 0 Å². The van der Waals surface area contributed by atoms with Gasteiger partial charge in [0.15, 0.2) is 6.10 Å². The second-order valence-electron chi connectivity index (χ2n) is 9.27. The van der Waals surface area contributed by atoms with E-state index in [1.807, 2.05) is 7.05 Å². The molecule has 0 rings (SSSR count). The van der Waals surface area contributed by atoms with E-state index in [-0.39, 0.29) is 32.7 Å². The molecule has 0 aliphatic rings. The van der Waals surface area contributed by atoms with Crippen molar-refractivity contribution >= 4 is 24.0 Å². The molecule has 42 heavy (non-hydrogen) atoms. The number of hydrogen-bond acceptors (Lipinski definition) is 15. The summed E-state index contributed by atoms with van der Waals surface area (Å²) in [6.07, 6.45) is -1.98. The van der Waals surface area contributed by atoms with Crippen LogP contribution in [-0.2, 0) is 33.3 Å². The summed E-state index contributed by atoms with van der Waals surface area (Å²) in [5.74, 6) is -1.70. The van der Waals surface area contributed by atoms with Crippen molar-refractivity contribution in [1.82, 2.24) is 31.9 Å². The first-order valence-corrected chi connectivity index (χ1v) is 14.4. The Hall–Kier alpha value is -2.60. The first kappa shape index (κ1) is 39.4. The predicted octanol–water partition coefficient (Wildman–Crippen LogP) is -2.78. The second kappa shape index (κ2) is 28.5. The molecule has 2 unspecified atom stereocenters. The molecule has 0 bridgehead atoms. The molecular formula is C26H52N6O10. The number of carbonyl (C=O) groups excluding carboxylic acids is 4. The van der Waals surface area contributed by atoms with E-state index in [2.05, 4.69) is 31.9 Å². The summed E-state index contributed by atoms with van der Waals surface area (Å²) >= 11 is 0. The van der Waals surface area contributed by atoms with E-state index >= 15 is 0 Å². The first-order valence-electron chi connectivity index (χ1n) is 14.4. The Morgan fingerprint density at radius 3 is 1.60 bits per heavy atom. The van der Waals surface area contributed by atoms with Crippen LogP contribution in [0.5, 0.6) is 0 Å². The van der Waals surface area contributed by atoms with Crippen molar-refractivity contribution in [3.05, 3.63) is 0 Å². The summed E-state index contributed by atoms with van der Waals surface area (Å²) in [4.78, 5) is 46.1. The van der Waals surface area contributed by atoms with Crippen LogP contribution in [0.4, 0.5) is 4.79 Å². The van der Waals surface area contributed by atoms with Crippen LogP contribution >= 0.6 is 0 Å². The van der Waals surface area contributed by atoms with E-state index in [0.29, 0.717) is 25.9 Å². The number of likely N-dealkylation sites (N-methyl/N-ethyl adjacent to an activating group) is 1. The van der Waals surface area contributed by atoms with Crippen molar-refractivity contribution in [3.8, 4) is 0 Å². The Morgan fingerprint density at radius 1 is 0.667 bits per heavy atom. The van der Waals surface area contributed by atoms with E-state index in [1.54, 1.807) is 0 Å². The van der Waals surface area contributed by atoms with Crippen LogP contribution in [0.25, 0.3) is 0 Å². The number of aliphatic hydroxyl groups is 2. The van der Waals surface area contributed by atoms with Crippen LogP contribution in [-0.4, -0.2) is 145 Å². The lowest BCUT2D eigenvalue weighted by atomic mass is 10.2. The average molecular weight is 609 g/mol. The zero-order valence-electron chi connectivity index (χ0n) is 25.0. The van der Waals surface area contributed by atoms with Gasteiger partial charge in [-0.2, -0.15) is 0 Å². The van der Waals surface area contributed by atoms with Crippen molar-refractivity contribution in [3.63, 3.8) is 0 Å². The van der Waals surface area contributed by atoms with Gasteiger partial charge in [0.2, 0.25) is 0 Å². The fourth-order valence-electron chi connectivity index (χ4n) is 3.18. The van der Waals surface area contributed by atoms with E-state index < -0.39 is 42.8 Å². The average Bonchev–Trinajstić information content (AvgIpc) is 2.97. The standard InChI is InChI=1S/C26H52N6O10/c1-21(34)42-23(17-33)20-40-25(37)6-4-3-5-24(36)39-18-22(35)19-41-26(38)32-16-15-31-14-13-30-12-11-29-10-9-28-8-7-27-2/h22-23,27-31,33,35H,3-20H2,1-2H3,(H,32,38). The minimum Gasteiger partial charge on any atom is -0.463 e. The molecule has 16 heteroatoms. The lowest BCUT2D eigenvalue weighted by Gasteiger charge is -2.14. The van der Waals surface area contributed by atoms with Crippen molar-refractivity contribution in [1.29, 1.82) is 0 Å². The maximum atomic E-state index is 11.8. The van der Waals surface area contributed by atoms with Crippen molar-refractivity contribution in [2.45, 2.75) is 44.8 Å². The molecule has 0 spiro atoms. The van der Waals surface area contributed by atoms with Crippen LogP contribution < -0.4 is 31.9 Å². The van der Waals surface area contributed by atoms with Gasteiger partial charge in [-0.05, 0) is 19.9 Å². The van der Waals surface area contributed by atoms with Crippen molar-refractivity contribution in [2.75, 3.05) is 98.9 Å². The molecule has 0 radical (unpaired) electrons. The minimum absolute atomic E-state index is 0.0304. The normalized spacial score (nSPS) is 12.3. The quantitative estimate of drug-likeness (QED) is 0.0256. The third kappa shape index (κ3) is 27.6. The molecule has 0 heterocycles. The minimum atomic E-state index is -1.17. The Morgan fingerprint density at radius 2 is 1.12 bits per heavy atom. The lowest BCUT2D eigenvalue weighted by molar-refractivity contribution is -0.159. The van der Waals surface area contributed by atoms with Crippen molar-refractivity contribution in [2.24, 2.45) is 0 Å². The number of alkyl carbamates (subject to hydrolysis) is 1. The maximum Gasteiger partial charge on any atom is 0.407 e. The van der Waals surface area contributed by atoms with Gasteiger partial charge in [-0.25, -0.2) is 4.79 Å². The number of rotatable bonds is 28. The number of hydrogen-bond donors (Lipinski definition) is 8. The molecule has 0 saturated heterocycles. The van der Waals surface area contributed by atoms with Gasteiger partial charge in [0.05, 0.1) is 6.61 Å². The summed E-state index contributed by atoms with van der Waals surface area (Å²) in [6.45, 7) is 7.80. The number of unbranched alkanes of at least 4 members (excludes halogenated alkanes) is 1. The number of aliphatic hydroxyl groups excluding tert-OH is 2. The molecule has 0 aliphatic carbocycles. The molecule has 0 aromatic carbocycles. The molecule has 0 aliphatic heterocycles. The highest BCUT2D eigenvalue weighted by atomic mass is 16.6.